The Morgan fingerprint density at radius 3 is 3.00 bits per heavy atom. The third-order valence-electron chi connectivity index (χ3n) is 2.91. The van der Waals surface area contributed by atoms with Crippen LogP contribution in [0.1, 0.15) is 26.2 Å². The number of nitrogens with one attached hydrogen (secondary N) is 1. The van der Waals surface area contributed by atoms with Gasteiger partial charge in [-0.05, 0) is 18.6 Å². The molecular formula is C10H17N3O2S3. The van der Waals surface area contributed by atoms with Crippen LogP contribution in [0.4, 0.5) is 5.13 Å². The molecule has 1 fully saturated rings. The second kappa shape index (κ2) is 5.77. The molecule has 2 atom stereocenters. The van der Waals surface area contributed by atoms with Crippen molar-refractivity contribution in [2.24, 2.45) is 5.14 Å². The molecule has 18 heavy (non-hydrogen) atoms. The van der Waals surface area contributed by atoms with Crippen LogP contribution in [-0.2, 0) is 10.0 Å². The fraction of sp³-hybridized carbons (Fsp3) is 0.700. The zero-order chi connectivity index (χ0) is 13.2. The fourth-order valence-electron chi connectivity index (χ4n) is 2.12. The minimum absolute atomic E-state index is 0.114. The molecule has 5 nitrogen and oxygen atoms in total. The molecule has 102 valence electrons. The van der Waals surface area contributed by atoms with E-state index in [9.17, 15) is 8.42 Å². The van der Waals surface area contributed by atoms with Gasteiger partial charge in [0.2, 0.25) is 10.0 Å². The first kappa shape index (κ1) is 14.1. The van der Waals surface area contributed by atoms with E-state index in [1.807, 2.05) is 11.8 Å². The predicted molar refractivity (Wildman–Crippen MR) is 76.7 cm³/mol. The molecule has 0 aromatic carbocycles. The van der Waals surface area contributed by atoms with E-state index in [0.29, 0.717) is 16.4 Å². The fourth-order valence-corrected chi connectivity index (χ4v) is 4.83. The minimum atomic E-state index is -3.63. The van der Waals surface area contributed by atoms with Gasteiger partial charge in [0, 0.05) is 11.3 Å². The van der Waals surface area contributed by atoms with E-state index in [1.165, 1.54) is 19.0 Å². The summed E-state index contributed by atoms with van der Waals surface area (Å²) in [6.07, 6.45) is 4.85. The molecule has 0 saturated heterocycles. The Balaban J connectivity index is 2.03. The molecule has 1 aliphatic carbocycles. The average Bonchev–Trinajstić information content (AvgIpc) is 2.89. The van der Waals surface area contributed by atoms with Crippen molar-refractivity contribution in [2.75, 3.05) is 11.1 Å². The lowest BCUT2D eigenvalue weighted by atomic mass is 10.2. The molecule has 0 amide bonds. The molecule has 0 spiro atoms. The third kappa shape index (κ3) is 3.37. The highest BCUT2D eigenvalue weighted by Crippen LogP contribution is 2.33. The molecule has 1 saturated carbocycles. The van der Waals surface area contributed by atoms with Gasteiger partial charge in [0.15, 0.2) is 9.34 Å². The molecule has 0 aliphatic heterocycles. The van der Waals surface area contributed by atoms with Crippen molar-refractivity contribution in [3.05, 3.63) is 6.20 Å². The monoisotopic (exact) mass is 307 g/mol. The van der Waals surface area contributed by atoms with E-state index in [4.69, 9.17) is 5.14 Å². The summed E-state index contributed by atoms with van der Waals surface area (Å²) in [6, 6.07) is 0.384. The van der Waals surface area contributed by atoms with Crippen LogP contribution in [0.5, 0.6) is 0 Å². The average molecular weight is 307 g/mol. The Morgan fingerprint density at radius 2 is 2.39 bits per heavy atom. The van der Waals surface area contributed by atoms with Gasteiger partial charge in [0.1, 0.15) is 0 Å². The third-order valence-corrected chi connectivity index (χ3v) is 6.57. The first-order chi connectivity index (χ1) is 8.50. The van der Waals surface area contributed by atoms with Crippen LogP contribution in [0.15, 0.2) is 10.4 Å². The van der Waals surface area contributed by atoms with Crippen LogP contribution in [0.25, 0.3) is 0 Å². The number of sulfonamides is 1. The van der Waals surface area contributed by atoms with Crippen LogP contribution in [-0.4, -0.2) is 30.4 Å². The number of thiazole rings is 1. The van der Waals surface area contributed by atoms with Crippen molar-refractivity contribution in [3.63, 3.8) is 0 Å². The van der Waals surface area contributed by atoms with Crippen molar-refractivity contribution < 1.29 is 8.42 Å². The number of aromatic nitrogens is 1. The van der Waals surface area contributed by atoms with E-state index in [2.05, 4.69) is 17.2 Å². The number of primary sulfonamides is 1. The molecule has 2 unspecified atom stereocenters. The Kier molecular flexibility index (Phi) is 4.52. The van der Waals surface area contributed by atoms with E-state index in [-0.39, 0.29) is 4.21 Å². The molecule has 8 heteroatoms. The maximum Gasteiger partial charge on any atom is 0.249 e. The summed E-state index contributed by atoms with van der Waals surface area (Å²) in [4.78, 5) is 4.08. The van der Waals surface area contributed by atoms with Gasteiger partial charge < -0.3 is 5.32 Å². The number of nitrogens with two attached hydrogens (primary N) is 1. The number of nitrogens with zero attached hydrogens (tertiary/aromatic N) is 1. The van der Waals surface area contributed by atoms with Gasteiger partial charge in [0.25, 0.3) is 0 Å². The van der Waals surface area contributed by atoms with Crippen LogP contribution >= 0.6 is 23.1 Å². The molecule has 0 bridgehead atoms. The minimum Gasteiger partial charge on any atom is -0.358 e. The molecule has 1 aliphatic rings. The van der Waals surface area contributed by atoms with Crippen molar-refractivity contribution in [3.8, 4) is 0 Å². The van der Waals surface area contributed by atoms with Gasteiger partial charge in [-0.2, -0.15) is 11.8 Å². The Morgan fingerprint density at radius 1 is 1.61 bits per heavy atom. The number of anilines is 1. The number of hydrogen-bond acceptors (Lipinski definition) is 6. The highest BCUT2D eigenvalue weighted by Gasteiger charge is 2.28. The maximum absolute atomic E-state index is 11.2. The lowest BCUT2D eigenvalue weighted by molar-refractivity contribution is 0.599. The summed E-state index contributed by atoms with van der Waals surface area (Å²) in [6.45, 7) is 2.16. The van der Waals surface area contributed by atoms with Gasteiger partial charge >= 0.3 is 0 Å². The van der Waals surface area contributed by atoms with Crippen LogP contribution in [0, 0.1) is 0 Å². The van der Waals surface area contributed by atoms with E-state index < -0.39 is 10.0 Å². The van der Waals surface area contributed by atoms with Crippen molar-refractivity contribution in [1.82, 2.24) is 4.98 Å². The maximum atomic E-state index is 11.2. The Hall–Kier alpha value is -0.310. The molecular weight excluding hydrogens is 290 g/mol. The second-order valence-electron chi connectivity index (χ2n) is 4.20. The molecule has 1 heterocycles. The SMILES string of the molecule is CCSC1CCCC1Nc1ncc(S(N)(=O)=O)s1. The lowest BCUT2D eigenvalue weighted by Crippen LogP contribution is -2.26. The van der Waals surface area contributed by atoms with Crippen LogP contribution < -0.4 is 10.5 Å². The van der Waals surface area contributed by atoms with Crippen LogP contribution in [0.2, 0.25) is 0 Å². The predicted octanol–water partition coefficient (Wildman–Crippen LogP) is 1.88. The normalized spacial score (nSPS) is 24.3. The summed E-state index contributed by atoms with van der Waals surface area (Å²) in [5.41, 5.74) is 0. The van der Waals surface area contributed by atoms with Gasteiger partial charge in [-0.25, -0.2) is 18.5 Å². The quantitative estimate of drug-likeness (QED) is 0.867. The standard InChI is InChI=1S/C10H17N3O2S3/c1-2-16-8-5-3-4-7(8)13-10-12-6-9(17-10)18(11,14)15/h6-8H,2-5H2,1H3,(H,12,13)(H2,11,14,15). The Bertz CT molecular complexity index is 500. The van der Waals surface area contributed by atoms with Gasteiger partial charge in [0.05, 0.1) is 6.20 Å². The zero-order valence-corrected chi connectivity index (χ0v) is 12.6. The molecule has 1 aromatic heterocycles. The summed E-state index contributed by atoms with van der Waals surface area (Å²) in [5, 5.41) is 9.64. The highest BCUT2D eigenvalue weighted by molar-refractivity contribution is 7.99. The Labute approximate surface area is 116 Å². The first-order valence-corrected chi connectivity index (χ1v) is 9.28. The van der Waals surface area contributed by atoms with Gasteiger partial charge in [-0.3, -0.25) is 0 Å². The summed E-state index contributed by atoms with van der Waals surface area (Å²) < 4.78 is 22.4. The molecule has 1 aromatic rings. The summed E-state index contributed by atoms with van der Waals surface area (Å²) in [7, 11) is -3.63. The highest BCUT2D eigenvalue weighted by atomic mass is 32.2. The van der Waals surface area contributed by atoms with E-state index in [1.54, 1.807) is 0 Å². The second-order valence-corrected chi connectivity index (χ2v) is 8.54. The van der Waals surface area contributed by atoms with E-state index in [0.717, 1.165) is 23.5 Å². The smallest absolute Gasteiger partial charge is 0.249 e. The van der Waals surface area contributed by atoms with Crippen molar-refractivity contribution in [1.29, 1.82) is 0 Å². The largest absolute Gasteiger partial charge is 0.358 e. The lowest BCUT2D eigenvalue weighted by Gasteiger charge is -2.19. The van der Waals surface area contributed by atoms with Gasteiger partial charge in [-0.15, -0.1) is 0 Å². The molecule has 0 radical (unpaired) electrons. The summed E-state index contributed by atoms with van der Waals surface area (Å²) >= 11 is 3.05. The number of thioether (sulfide) groups is 1. The zero-order valence-electron chi connectivity index (χ0n) is 10.1. The number of hydrogen-bond donors (Lipinski definition) is 2. The topological polar surface area (TPSA) is 85.1 Å². The number of rotatable bonds is 5. The summed E-state index contributed by atoms with van der Waals surface area (Å²) in [5.74, 6) is 1.10. The van der Waals surface area contributed by atoms with E-state index >= 15 is 0 Å². The van der Waals surface area contributed by atoms with Crippen LogP contribution in [0.3, 0.4) is 0 Å². The molecule has 2 rings (SSSR count). The molecule has 3 N–H and O–H groups in total. The van der Waals surface area contributed by atoms with Crippen molar-refractivity contribution in [2.45, 2.75) is 41.7 Å². The van der Waals surface area contributed by atoms with Crippen molar-refractivity contribution >= 4 is 38.3 Å². The first-order valence-electron chi connectivity index (χ1n) is 5.87. The van der Waals surface area contributed by atoms with Gasteiger partial charge in [-0.1, -0.05) is 24.7 Å².